The van der Waals surface area contributed by atoms with Gasteiger partial charge in [0.1, 0.15) is 5.60 Å². The fraction of sp³-hybridized carbons (Fsp3) is 0.938. The van der Waals surface area contributed by atoms with Crippen molar-refractivity contribution in [1.29, 1.82) is 0 Å². The quantitative estimate of drug-likeness (QED) is 0.848. The number of nitrogens with one attached hydrogen (secondary N) is 1. The average molecular weight is 300 g/mol. The highest BCUT2D eigenvalue weighted by molar-refractivity contribution is 5.68. The van der Waals surface area contributed by atoms with Crippen molar-refractivity contribution < 1.29 is 14.3 Å². The number of piperidine rings is 1. The monoisotopic (exact) mass is 300 g/mol. The molecule has 0 aromatic rings. The van der Waals surface area contributed by atoms with Crippen LogP contribution in [0.25, 0.3) is 0 Å². The molecule has 0 saturated carbocycles. The first-order valence-corrected chi connectivity index (χ1v) is 7.96. The third kappa shape index (κ3) is 6.66. The number of amides is 1. The van der Waals surface area contributed by atoms with Crippen molar-refractivity contribution >= 4 is 6.09 Å². The van der Waals surface area contributed by atoms with Gasteiger partial charge in [0, 0.05) is 32.3 Å². The Hall–Kier alpha value is -0.810. The summed E-state index contributed by atoms with van der Waals surface area (Å²) in [7, 11) is 1.74. The summed E-state index contributed by atoms with van der Waals surface area (Å²) in [5.41, 5.74) is -0.423. The van der Waals surface area contributed by atoms with Crippen LogP contribution in [-0.2, 0) is 9.47 Å². The molecule has 1 unspecified atom stereocenters. The molecule has 1 saturated heterocycles. The van der Waals surface area contributed by atoms with Gasteiger partial charge in [-0.2, -0.15) is 0 Å². The standard InChI is InChI=1S/C16H32N2O3/c1-12(2)14(11-20-6)17-13-7-9-18(10-8-13)15(19)21-16(3,4)5/h12-14,17H,7-11H2,1-6H3. The Morgan fingerprint density at radius 2 is 1.86 bits per heavy atom. The number of rotatable bonds is 5. The summed E-state index contributed by atoms with van der Waals surface area (Å²) in [6.45, 7) is 12.3. The highest BCUT2D eigenvalue weighted by Crippen LogP contribution is 2.16. The van der Waals surface area contributed by atoms with Crippen LogP contribution < -0.4 is 5.32 Å². The lowest BCUT2D eigenvalue weighted by Gasteiger charge is -2.36. The molecule has 1 amide bonds. The highest BCUT2D eigenvalue weighted by Gasteiger charge is 2.28. The van der Waals surface area contributed by atoms with Crippen LogP contribution in [0.4, 0.5) is 4.79 Å². The van der Waals surface area contributed by atoms with E-state index in [1.807, 2.05) is 25.7 Å². The predicted octanol–water partition coefficient (Wildman–Crippen LogP) is 2.65. The Morgan fingerprint density at radius 3 is 2.29 bits per heavy atom. The van der Waals surface area contributed by atoms with Crippen LogP contribution in [0.1, 0.15) is 47.5 Å². The molecule has 1 rings (SSSR count). The minimum atomic E-state index is -0.423. The fourth-order valence-corrected chi connectivity index (χ4v) is 2.47. The Labute approximate surface area is 129 Å². The largest absolute Gasteiger partial charge is 0.444 e. The predicted molar refractivity (Wildman–Crippen MR) is 84.5 cm³/mol. The number of carbonyl (C=O) groups excluding carboxylic acids is 1. The van der Waals surface area contributed by atoms with Gasteiger partial charge in [0.2, 0.25) is 0 Å². The van der Waals surface area contributed by atoms with Gasteiger partial charge in [0.05, 0.1) is 6.61 Å². The lowest BCUT2D eigenvalue weighted by Crippen LogP contribution is -2.51. The molecule has 0 aliphatic carbocycles. The van der Waals surface area contributed by atoms with Crippen LogP contribution in [0.3, 0.4) is 0 Å². The summed E-state index contributed by atoms with van der Waals surface area (Å²) < 4.78 is 10.7. The van der Waals surface area contributed by atoms with Crippen LogP contribution >= 0.6 is 0 Å². The molecular formula is C16H32N2O3. The van der Waals surface area contributed by atoms with Crippen LogP contribution in [0.2, 0.25) is 0 Å². The molecule has 5 heteroatoms. The lowest BCUT2D eigenvalue weighted by atomic mass is 10.00. The summed E-state index contributed by atoms with van der Waals surface area (Å²) in [5, 5.41) is 3.66. The van der Waals surface area contributed by atoms with Crippen molar-refractivity contribution in [2.75, 3.05) is 26.8 Å². The van der Waals surface area contributed by atoms with E-state index in [0.717, 1.165) is 32.5 Å². The molecule has 1 fully saturated rings. The minimum absolute atomic E-state index is 0.196. The third-order valence-electron chi connectivity index (χ3n) is 3.75. The Bertz CT molecular complexity index is 318. The molecule has 124 valence electrons. The molecular weight excluding hydrogens is 268 g/mol. The van der Waals surface area contributed by atoms with Crippen molar-refractivity contribution in [3.05, 3.63) is 0 Å². The average Bonchev–Trinajstić information content (AvgIpc) is 2.36. The van der Waals surface area contributed by atoms with Crippen LogP contribution in [-0.4, -0.2) is 55.5 Å². The second-order valence-electron chi connectivity index (χ2n) is 7.21. The van der Waals surface area contributed by atoms with E-state index >= 15 is 0 Å². The minimum Gasteiger partial charge on any atom is -0.444 e. The topological polar surface area (TPSA) is 50.8 Å². The maximum absolute atomic E-state index is 12.0. The van der Waals surface area contributed by atoms with Gasteiger partial charge >= 0.3 is 6.09 Å². The van der Waals surface area contributed by atoms with Crippen molar-refractivity contribution in [2.45, 2.75) is 65.1 Å². The van der Waals surface area contributed by atoms with Gasteiger partial charge in [-0.25, -0.2) is 4.79 Å². The van der Waals surface area contributed by atoms with Crippen LogP contribution in [0, 0.1) is 5.92 Å². The molecule has 1 aliphatic heterocycles. The molecule has 1 atom stereocenters. The first-order chi connectivity index (χ1) is 9.73. The van der Waals surface area contributed by atoms with Gasteiger partial charge in [0.15, 0.2) is 0 Å². The van der Waals surface area contributed by atoms with Gasteiger partial charge in [-0.1, -0.05) is 13.8 Å². The maximum Gasteiger partial charge on any atom is 0.410 e. The number of likely N-dealkylation sites (tertiary alicyclic amines) is 1. The van der Waals surface area contributed by atoms with E-state index in [1.54, 1.807) is 7.11 Å². The second-order valence-corrected chi connectivity index (χ2v) is 7.21. The zero-order valence-corrected chi connectivity index (χ0v) is 14.4. The first-order valence-electron chi connectivity index (χ1n) is 7.96. The smallest absolute Gasteiger partial charge is 0.410 e. The van der Waals surface area contributed by atoms with Gasteiger partial charge in [-0.15, -0.1) is 0 Å². The number of nitrogens with zero attached hydrogens (tertiary/aromatic N) is 1. The van der Waals surface area contributed by atoms with E-state index < -0.39 is 5.60 Å². The van der Waals surface area contributed by atoms with E-state index in [9.17, 15) is 4.79 Å². The molecule has 5 nitrogen and oxygen atoms in total. The molecule has 0 aromatic heterocycles. The van der Waals surface area contributed by atoms with E-state index in [4.69, 9.17) is 9.47 Å². The van der Waals surface area contributed by atoms with E-state index in [2.05, 4.69) is 19.2 Å². The number of ether oxygens (including phenoxy) is 2. The molecule has 0 radical (unpaired) electrons. The zero-order chi connectivity index (χ0) is 16.0. The summed E-state index contributed by atoms with van der Waals surface area (Å²) in [6.07, 6.45) is 1.73. The molecule has 1 aliphatic rings. The van der Waals surface area contributed by atoms with E-state index in [-0.39, 0.29) is 6.09 Å². The number of hydrogen-bond acceptors (Lipinski definition) is 4. The summed E-state index contributed by atoms with van der Waals surface area (Å²) >= 11 is 0. The molecule has 0 spiro atoms. The van der Waals surface area contributed by atoms with Crippen molar-refractivity contribution in [2.24, 2.45) is 5.92 Å². The molecule has 0 bridgehead atoms. The van der Waals surface area contributed by atoms with Gasteiger partial charge in [-0.3, -0.25) is 0 Å². The molecule has 21 heavy (non-hydrogen) atoms. The molecule has 1 N–H and O–H groups in total. The maximum atomic E-state index is 12.0. The summed E-state index contributed by atoms with van der Waals surface area (Å²) in [6, 6.07) is 0.819. The van der Waals surface area contributed by atoms with Crippen LogP contribution in [0.5, 0.6) is 0 Å². The van der Waals surface area contributed by atoms with Crippen molar-refractivity contribution in [1.82, 2.24) is 10.2 Å². The number of methoxy groups -OCH3 is 1. The van der Waals surface area contributed by atoms with Gasteiger partial charge in [-0.05, 0) is 39.5 Å². The van der Waals surface area contributed by atoms with Crippen molar-refractivity contribution in [3.63, 3.8) is 0 Å². The van der Waals surface area contributed by atoms with Gasteiger partial charge in [0.25, 0.3) is 0 Å². The number of hydrogen-bond donors (Lipinski definition) is 1. The highest BCUT2D eigenvalue weighted by atomic mass is 16.6. The van der Waals surface area contributed by atoms with E-state index in [1.165, 1.54) is 0 Å². The first kappa shape index (κ1) is 18.2. The summed E-state index contributed by atoms with van der Waals surface area (Å²) in [4.78, 5) is 13.8. The Kier molecular flexibility index (Phi) is 6.94. The molecule has 1 heterocycles. The van der Waals surface area contributed by atoms with Crippen molar-refractivity contribution in [3.8, 4) is 0 Å². The lowest BCUT2D eigenvalue weighted by molar-refractivity contribution is 0.0189. The molecule has 0 aromatic carbocycles. The second kappa shape index (κ2) is 7.99. The zero-order valence-electron chi connectivity index (χ0n) is 14.4. The van der Waals surface area contributed by atoms with Crippen LogP contribution in [0.15, 0.2) is 0 Å². The number of carbonyl (C=O) groups is 1. The fourth-order valence-electron chi connectivity index (χ4n) is 2.47. The Morgan fingerprint density at radius 1 is 1.29 bits per heavy atom. The van der Waals surface area contributed by atoms with E-state index in [0.29, 0.717) is 18.0 Å². The SMILES string of the molecule is COCC(NC1CCN(C(=O)OC(C)(C)C)CC1)C(C)C. The third-order valence-corrected chi connectivity index (χ3v) is 3.75. The normalized spacial score (nSPS) is 18.9. The Balaban J connectivity index is 2.39. The van der Waals surface area contributed by atoms with Gasteiger partial charge < -0.3 is 19.7 Å². The summed E-state index contributed by atoms with van der Waals surface area (Å²) in [5.74, 6) is 0.536.